The molecule has 3 heteroatoms. The molecule has 0 aromatic heterocycles. The number of methoxy groups -OCH3 is 1. The van der Waals surface area contributed by atoms with E-state index in [9.17, 15) is 4.79 Å². The SMILES string of the molecule is CCCC[C@@H]1C=CC2CC(C2)[C@H]1OC(=O)OC. The zero-order chi connectivity index (χ0) is 12.3. The van der Waals surface area contributed by atoms with Gasteiger partial charge >= 0.3 is 6.16 Å². The van der Waals surface area contributed by atoms with Crippen LogP contribution >= 0.6 is 0 Å². The topological polar surface area (TPSA) is 35.5 Å². The van der Waals surface area contributed by atoms with Crippen LogP contribution in [0.1, 0.15) is 39.0 Å². The fourth-order valence-electron chi connectivity index (χ4n) is 2.94. The van der Waals surface area contributed by atoms with E-state index in [-0.39, 0.29) is 6.10 Å². The number of fused-ring (bicyclic) bond motifs is 2. The predicted octanol–water partition coefficient (Wildman–Crippen LogP) is 3.54. The van der Waals surface area contributed by atoms with Crippen LogP contribution in [0, 0.1) is 17.8 Å². The highest BCUT2D eigenvalue weighted by Crippen LogP contribution is 2.44. The van der Waals surface area contributed by atoms with E-state index in [0.717, 1.165) is 12.3 Å². The molecule has 1 fully saturated rings. The van der Waals surface area contributed by atoms with Crippen LogP contribution in [-0.4, -0.2) is 19.4 Å². The molecule has 3 nitrogen and oxygen atoms in total. The minimum atomic E-state index is -0.532. The summed E-state index contributed by atoms with van der Waals surface area (Å²) in [5.74, 6) is 1.64. The van der Waals surface area contributed by atoms with E-state index in [2.05, 4.69) is 23.8 Å². The van der Waals surface area contributed by atoms with Crippen molar-refractivity contribution in [3.05, 3.63) is 12.2 Å². The van der Waals surface area contributed by atoms with E-state index >= 15 is 0 Å². The normalized spacial score (nSPS) is 34.7. The zero-order valence-electron chi connectivity index (χ0n) is 10.7. The second-order valence-electron chi connectivity index (χ2n) is 5.22. The molecule has 1 saturated carbocycles. The first-order chi connectivity index (χ1) is 8.24. The van der Waals surface area contributed by atoms with Crippen molar-refractivity contribution in [1.29, 1.82) is 0 Å². The molecule has 0 N–H and O–H groups in total. The number of allylic oxidation sites excluding steroid dienone is 1. The van der Waals surface area contributed by atoms with Gasteiger partial charge in [-0.25, -0.2) is 4.79 Å². The number of carbonyl (C=O) groups is 1. The number of hydrogen-bond donors (Lipinski definition) is 0. The average Bonchev–Trinajstić information content (AvgIpc) is 2.54. The van der Waals surface area contributed by atoms with Crippen molar-refractivity contribution in [2.75, 3.05) is 7.11 Å². The maximum Gasteiger partial charge on any atom is 0.508 e. The van der Waals surface area contributed by atoms with Crippen molar-refractivity contribution in [3.8, 4) is 0 Å². The monoisotopic (exact) mass is 238 g/mol. The minimum absolute atomic E-state index is 0.0315. The molecule has 0 saturated heterocycles. The molecule has 0 spiro atoms. The fourth-order valence-corrected chi connectivity index (χ4v) is 2.94. The Morgan fingerprint density at radius 2 is 2.12 bits per heavy atom. The van der Waals surface area contributed by atoms with E-state index in [1.165, 1.54) is 32.8 Å². The Morgan fingerprint density at radius 1 is 1.35 bits per heavy atom. The predicted molar refractivity (Wildman–Crippen MR) is 65.6 cm³/mol. The summed E-state index contributed by atoms with van der Waals surface area (Å²) in [7, 11) is 1.37. The van der Waals surface area contributed by atoms with Gasteiger partial charge in [-0.15, -0.1) is 0 Å². The molecule has 17 heavy (non-hydrogen) atoms. The first-order valence-electron chi connectivity index (χ1n) is 6.67. The van der Waals surface area contributed by atoms with Crippen LogP contribution in [0.3, 0.4) is 0 Å². The van der Waals surface area contributed by atoms with Crippen molar-refractivity contribution in [1.82, 2.24) is 0 Å². The van der Waals surface area contributed by atoms with Crippen LogP contribution in [0.15, 0.2) is 12.2 Å². The first kappa shape index (κ1) is 12.5. The minimum Gasteiger partial charge on any atom is -0.438 e. The fraction of sp³-hybridized carbons (Fsp3) is 0.786. The Balaban J connectivity index is 2.00. The Kier molecular flexibility index (Phi) is 4.08. The smallest absolute Gasteiger partial charge is 0.438 e. The molecule has 2 atom stereocenters. The first-order valence-corrected chi connectivity index (χ1v) is 6.67. The van der Waals surface area contributed by atoms with Gasteiger partial charge in [0.05, 0.1) is 7.11 Å². The number of unbranched alkanes of at least 4 members (excludes halogenated alkanes) is 1. The van der Waals surface area contributed by atoms with E-state index < -0.39 is 6.16 Å². The molecule has 96 valence electrons. The summed E-state index contributed by atoms with van der Waals surface area (Å²) in [6, 6.07) is 0. The van der Waals surface area contributed by atoms with Crippen molar-refractivity contribution in [2.45, 2.75) is 45.1 Å². The lowest BCUT2D eigenvalue weighted by atomic mass is 9.72. The van der Waals surface area contributed by atoms with Crippen molar-refractivity contribution in [3.63, 3.8) is 0 Å². The molecule has 0 unspecified atom stereocenters. The van der Waals surface area contributed by atoms with Crippen LogP contribution in [0.25, 0.3) is 0 Å². The Bertz CT molecular complexity index is 292. The lowest BCUT2D eigenvalue weighted by molar-refractivity contribution is -0.0308. The van der Waals surface area contributed by atoms with Gasteiger partial charge in [0.1, 0.15) is 6.10 Å². The van der Waals surface area contributed by atoms with Crippen LogP contribution in [-0.2, 0) is 9.47 Å². The molecule has 0 radical (unpaired) electrons. The van der Waals surface area contributed by atoms with Gasteiger partial charge < -0.3 is 9.47 Å². The van der Waals surface area contributed by atoms with Gasteiger partial charge in [0, 0.05) is 5.92 Å². The van der Waals surface area contributed by atoms with Gasteiger partial charge in [0.15, 0.2) is 0 Å². The van der Waals surface area contributed by atoms with E-state index in [1.54, 1.807) is 0 Å². The highest BCUT2D eigenvalue weighted by atomic mass is 16.7. The summed E-state index contributed by atoms with van der Waals surface area (Å²) >= 11 is 0. The summed E-state index contributed by atoms with van der Waals surface area (Å²) in [4.78, 5) is 11.3. The molecule has 0 aromatic rings. The van der Waals surface area contributed by atoms with Gasteiger partial charge in [-0.3, -0.25) is 0 Å². The molecule has 2 bridgehead atoms. The van der Waals surface area contributed by atoms with E-state index in [4.69, 9.17) is 4.74 Å². The van der Waals surface area contributed by atoms with Gasteiger partial charge in [-0.2, -0.15) is 0 Å². The van der Waals surface area contributed by atoms with Crippen molar-refractivity contribution >= 4 is 6.16 Å². The second-order valence-corrected chi connectivity index (χ2v) is 5.22. The number of carbonyl (C=O) groups excluding carboxylic acids is 1. The molecule has 3 rings (SSSR count). The molecule has 0 aliphatic heterocycles. The quantitative estimate of drug-likeness (QED) is 0.555. The lowest BCUT2D eigenvalue weighted by Crippen LogP contribution is -2.38. The molecular weight excluding hydrogens is 216 g/mol. The summed E-state index contributed by atoms with van der Waals surface area (Å²) in [5, 5.41) is 0. The number of rotatable bonds is 4. The maximum absolute atomic E-state index is 11.3. The molecule has 0 amide bonds. The molecule has 0 heterocycles. The van der Waals surface area contributed by atoms with Gasteiger partial charge in [0.2, 0.25) is 0 Å². The van der Waals surface area contributed by atoms with Crippen LogP contribution in [0.5, 0.6) is 0 Å². The molecular formula is C14H22O3. The highest BCUT2D eigenvalue weighted by Gasteiger charge is 2.41. The molecule has 3 aliphatic carbocycles. The Hall–Kier alpha value is -0.990. The number of hydrogen-bond acceptors (Lipinski definition) is 3. The molecule has 3 aliphatic rings. The van der Waals surface area contributed by atoms with Crippen LogP contribution < -0.4 is 0 Å². The summed E-state index contributed by atoms with van der Waals surface area (Å²) in [6.45, 7) is 2.19. The third-order valence-electron chi connectivity index (χ3n) is 4.02. The average molecular weight is 238 g/mol. The standard InChI is InChI=1S/C14H22O3/c1-3-4-5-11-7-6-10-8-12(9-10)13(11)17-14(15)16-2/h6-7,10-13H,3-5,8-9H2,1-2H3/t10?,11-,12?,13+/m1/s1. The third-order valence-corrected chi connectivity index (χ3v) is 4.02. The van der Waals surface area contributed by atoms with E-state index in [0.29, 0.717) is 11.8 Å². The summed E-state index contributed by atoms with van der Waals surface area (Å²) < 4.78 is 10.1. The number of ether oxygens (including phenoxy) is 2. The largest absolute Gasteiger partial charge is 0.508 e. The zero-order valence-corrected chi connectivity index (χ0v) is 10.7. The van der Waals surface area contributed by atoms with Crippen LogP contribution in [0.4, 0.5) is 4.79 Å². The van der Waals surface area contributed by atoms with E-state index in [1.807, 2.05) is 0 Å². The van der Waals surface area contributed by atoms with Gasteiger partial charge in [-0.1, -0.05) is 31.9 Å². The van der Waals surface area contributed by atoms with Gasteiger partial charge in [0.25, 0.3) is 0 Å². The van der Waals surface area contributed by atoms with Crippen LogP contribution in [0.2, 0.25) is 0 Å². The Labute approximate surface area is 103 Å². The molecule has 0 aromatic carbocycles. The summed E-state index contributed by atoms with van der Waals surface area (Å²) in [5.41, 5.74) is 0. The third kappa shape index (κ3) is 2.82. The summed E-state index contributed by atoms with van der Waals surface area (Å²) in [6.07, 6.45) is 9.90. The lowest BCUT2D eigenvalue weighted by Gasteiger charge is -2.38. The highest BCUT2D eigenvalue weighted by molar-refractivity contribution is 5.60. The maximum atomic E-state index is 11.3. The second kappa shape index (κ2) is 5.56. The van der Waals surface area contributed by atoms with Crippen molar-refractivity contribution < 1.29 is 14.3 Å². The van der Waals surface area contributed by atoms with Gasteiger partial charge in [-0.05, 0) is 31.1 Å². The Morgan fingerprint density at radius 3 is 2.76 bits per heavy atom. The van der Waals surface area contributed by atoms with Crippen molar-refractivity contribution in [2.24, 2.45) is 17.8 Å².